The van der Waals surface area contributed by atoms with Crippen molar-refractivity contribution in [1.29, 1.82) is 0 Å². The van der Waals surface area contributed by atoms with Crippen LogP contribution in [0, 0.1) is 0 Å². The molecule has 1 aromatic carbocycles. The zero-order valence-corrected chi connectivity index (χ0v) is 11.6. The van der Waals surface area contributed by atoms with Crippen LogP contribution in [0.5, 0.6) is 0 Å². The molecule has 0 bridgehead atoms. The van der Waals surface area contributed by atoms with Crippen molar-refractivity contribution in [2.24, 2.45) is 0 Å². The average molecular weight is 274 g/mol. The largest absolute Gasteiger partial charge is 0.397 e. The van der Waals surface area contributed by atoms with Crippen molar-refractivity contribution < 1.29 is 9.59 Å². The van der Waals surface area contributed by atoms with E-state index in [1.54, 1.807) is 0 Å². The molecule has 0 aliphatic carbocycles. The van der Waals surface area contributed by atoms with Crippen molar-refractivity contribution in [3.05, 3.63) is 17.7 Å². The highest BCUT2D eigenvalue weighted by Crippen LogP contribution is 2.37. The zero-order valence-electron chi connectivity index (χ0n) is 11.6. The van der Waals surface area contributed by atoms with Gasteiger partial charge < -0.3 is 21.3 Å². The van der Waals surface area contributed by atoms with Gasteiger partial charge in [-0.05, 0) is 31.5 Å². The van der Waals surface area contributed by atoms with Crippen LogP contribution in [-0.2, 0) is 16.0 Å². The van der Waals surface area contributed by atoms with E-state index in [-0.39, 0.29) is 11.8 Å². The number of nitrogens with one attached hydrogen (secondary N) is 2. The summed E-state index contributed by atoms with van der Waals surface area (Å²) in [5.41, 5.74) is 8.56. The summed E-state index contributed by atoms with van der Waals surface area (Å²) in [7, 11) is 0. The first-order chi connectivity index (χ1) is 9.39. The van der Waals surface area contributed by atoms with Crippen LogP contribution in [0.25, 0.3) is 0 Å². The molecular formula is C14H18N4O2. The average Bonchev–Trinajstić information content (AvgIpc) is 2.71. The lowest BCUT2D eigenvalue weighted by Crippen LogP contribution is -2.62. The summed E-state index contributed by atoms with van der Waals surface area (Å²) in [5, 5.41) is 5.68. The highest BCUT2D eigenvalue weighted by atomic mass is 16.2. The number of rotatable bonds is 1. The highest BCUT2D eigenvalue weighted by molar-refractivity contribution is 6.01. The number of carbonyl (C=O) groups excluding carboxylic acids is 2. The Bertz CT molecular complexity index is 609. The summed E-state index contributed by atoms with van der Waals surface area (Å²) in [5.74, 6) is -0.0418. The Balaban J connectivity index is 2.04. The van der Waals surface area contributed by atoms with Crippen molar-refractivity contribution in [3.8, 4) is 0 Å². The van der Waals surface area contributed by atoms with Gasteiger partial charge in [0, 0.05) is 18.8 Å². The maximum atomic E-state index is 12.0. The first-order valence-corrected chi connectivity index (χ1v) is 6.68. The van der Waals surface area contributed by atoms with Crippen LogP contribution in [0.4, 0.5) is 17.1 Å². The number of hydrogen-bond acceptors (Lipinski definition) is 4. The Hall–Kier alpha value is -2.24. The second kappa shape index (κ2) is 4.13. The molecule has 3 rings (SSSR count). The fourth-order valence-corrected chi connectivity index (χ4v) is 2.84. The molecule has 2 aliphatic rings. The lowest BCUT2D eigenvalue weighted by molar-refractivity contribution is -0.126. The Kier molecular flexibility index (Phi) is 2.64. The molecule has 0 radical (unpaired) electrons. The molecule has 1 aromatic rings. The summed E-state index contributed by atoms with van der Waals surface area (Å²) < 4.78 is 0. The van der Waals surface area contributed by atoms with E-state index in [2.05, 4.69) is 10.6 Å². The Labute approximate surface area is 117 Å². The monoisotopic (exact) mass is 274 g/mol. The number of nitrogen functional groups attached to an aromatic ring is 1. The van der Waals surface area contributed by atoms with Gasteiger partial charge in [0.2, 0.25) is 11.8 Å². The lowest BCUT2D eigenvalue weighted by Gasteiger charge is -2.43. The van der Waals surface area contributed by atoms with Gasteiger partial charge in [-0.2, -0.15) is 0 Å². The molecule has 4 N–H and O–H groups in total. The molecule has 0 unspecified atom stereocenters. The molecule has 0 aromatic heterocycles. The van der Waals surface area contributed by atoms with Gasteiger partial charge in [-0.25, -0.2) is 0 Å². The molecule has 6 nitrogen and oxygen atoms in total. The topological polar surface area (TPSA) is 87.5 Å². The molecule has 2 amide bonds. The maximum Gasteiger partial charge on any atom is 0.245 e. The lowest BCUT2D eigenvalue weighted by atomic mass is 9.97. The molecule has 0 atom stereocenters. The van der Waals surface area contributed by atoms with Gasteiger partial charge in [-0.3, -0.25) is 9.59 Å². The van der Waals surface area contributed by atoms with Gasteiger partial charge >= 0.3 is 0 Å². The van der Waals surface area contributed by atoms with E-state index in [9.17, 15) is 9.59 Å². The number of piperazine rings is 1. The Morgan fingerprint density at radius 2 is 2.05 bits per heavy atom. The van der Waals surface area contributed by atoms with Crippen LogP contribution in [0.1, 0.15) is 19.4 Å². The van der Waals surface area contributed by atoms with Crippen molar-refractivity contribution in [2.45, 2.75) is 25.8 Å². The second-order valence-electron chi connectivity index (χ2n) is 5.76. The number of fused-ring (bicyclic) bond motifs is 1. The fraction of sp³-hybridized carbons (Fsp3) is 0.429. The van der Waals surface area contributed by atoms with Crippen LogP contribution in [0.3, 0.4) is 0 Å². The van der Waals surface area contributed by atoms with E-state index < -0.39 is 5.54 Å². The predicted molar refractivity (Wildman–Crippen MR) is 77.6 cm³/mol. The third kappa shape index (κ3) is 1.79. The van der Waals surface area contributed by atoms with E-state index in [0.717, 1.165) is 16.9 Å². The van der Waals surface area contributed by atoms with E-state index in [4.69, 9.17) is 5.73 Å². The highest BCUT2D eigenvalue weighted by Gasteiger charge is 2.39. The molecule has 2 aliphatic heterocycles. The number of carbonyl (C=O) groups is 2. The van der Waals surface area contributed by atoms with Gasteiger partial charge in [0.15, 0.2) is 0 Å². The van der Waals surface area contributed by atoms with Crippen molar-refractivity contribution >= 4 is 28.9 Å². The summed E-state index contributed by atoms with van der Waals surface area (Å²) in [4.78, 5) is 25.5. The minimum atomic E-state index is -0.663. The van der Waals surface area contributed by atoms with Gasteiger partial charge in [0.05, 0.1) is 17.8 Å². The Morgan fingerprint density at radius 1 is 1.30 bits per heavy atom. The van der Waals surface area contributed by atoms with Crippen LogP contribution in [0.2, 0.25) is 0 Å². The quantitative estimate of drug-likeness (QED) is 0.650. The normalized spacial score (nSPS) is 20.4. The fourth-order valence-electron chi connectivity index (χ4n) is 2.84. The molecule has 0 spiro atoms. The van der Waals surface area contributed by atoms with Gasteiger partial charge in [-0.15, -0.1) is 0 Å². The SMILES string of the molecule is CC1(C)C(=O)NCCN1c1cc2c(cc1N)CC(=O)N2. The van der Waals surface area contributed by atoms with Gasteiger partial charge in [0.25, 0.3) is 0 Å². The van der Waals surface area contributed by atoms with E-state index in [1.807, 2.05) is 30.9 Å². The first-order valence-electron chi connectivity index (χ1n) is 6.68. The van der Waals surface area contributed by atoms with Gasteiger partial charge in [0.1, 0.15) is 5.54 Å². The molecule has 1 saturated heterocycles. The number of anilines is 3. The van der Waals surface area contributed by atoms with Crippen LogP contribution in [0.15, 0.2) is 12.1 Å². The molecule has 2 heterocycles. The number of nitrogens with zero attached hydrogens (tertiary/aromatic N) is 1. The minimum Gasteiger partial charge on any atom is -0.397 e. The third-order valence-corrected chi connectivity index (χ3v) is 4.02. The molecular weight excluding hydrogens is 256 g/mol. The zero-order chi connectivity index (χ0) is 14.5. The minimum absolute atomic E-state index is 0.0207. The molecule has 0 saturated carbocycles. The molecule has 6 heteroatoms. The van der Waals surface area contributed by atoms with Crippen molar-refractivity contribution in [2.75, 3.05) is 29.0 Å². The standard InChI is InChI=1S/C14H18N4O2/c1-14(2)13(20)16-3-4-18(14)11-7-10-8(5-9(11)15)6-12(19)17-10/h5,7H,3-4,6,15H2,1-2H3,(H,16,20)(H,17,19). The summed E-state index contributed by atoms with van der Waals surface area (Å²) in [6.45, 7) is 5.01. The summed E-state index contributed by atoms with van der Waals surface area (Å²) in [6, 6.07) is 3.70. The second-order valence-corrected chi connectivity index (χ2v) is 5.76. The smallest absolute Gasteiger partial charge is 0.245 e. The molecule has 1 fully saturated rings. The van der Waals surface area contributed by atoms with E-state index in [1.165, 1.54) is 0 Å². The maximum absolute atomic E-state index is 12.0. The van der Waals surface area contributed by atoms with Crippen LogP contribution >= 0.6 is 0 Å². The summed E-state index contributed by atoms with van der Waals surface area (Å²) >= 11 is 0. The molecule has 20 heavy (non-hydrogen) atoms. The number of benzene rings is 1. The Morgan fingerprint density at radius 3 is 2.80 bits per heavy atom. The summed E-state index contributed by atoms with van der Waals surface area (Å²) in [6.07, 6.45) is 0.365. The van der Waals surface area contributed by atoms with Crippen molar-refractivity contribution in [3.63, 3.8) is 0 Å². The third-order valence-electron chi connectivity index (χ3n) is 4.02. The van der Waals surface area contributed by atoms with E-state index in [0.29, 0.717) is 25.2 Å². The molecule has 106 valence electrons. The van der Waals surface area contributed by atoms with E-state index >= 15 is 0 Å². The number of amides is 2. The van der Waals surface area contributed by atoms with Crippen molar-refractivity contribution in [1.82, 2.24) is 5.32 Å². The number of nitrogens with two attached hydrogens (primary N) is 1. The first kappa shape index (κ1) is 12.8. The predicted octanol–water partition coefficient (Wildman–Crippen LogP) is 0.478. The van der Waals surface area contributed by atoms with Crippen LogP contribution < -0.4 is 21.3 Å². The van der Waals surface area contributed by atoms with Crippen LogP contribution in [-0.4, -0.2) is 30.4 Å². The van der Waals surface area contributed by atoms with Gasteiger partial charge in [-0.1, -0.05) is 0 Å². The number of hydrogen-bond donors (Lipinski definition) is 3.